The summed E-state index contributed by atoms with van der Waals surface area (Å²) in [5.41, 5.74) is 0.955. The van der Waals surface area contributed by atoms with E-state index < -0.39 is 0 Å². The summed E-state index contributed by atoms with van der Waals surface area (Å²) in [4.78, 5) is 14.2. The Kier molecular flexibility index (Phi) is 3.34. The number of fused-ring (bicyclic) bond motifs is 1. The van der Waals surface area contributed by atoms with Crippen molar-refractivity contribution < 1.29 is 4.79 Å². The third-order valence-corrected chi connectivity index (χ3v) is 4.60. The van der Waals surface area contributed by atoms with Crippen LogP contribution in [-0.2, 0) is 11.3 Å². The van der Waals surface area contributed by atoms with Crippen molar-refractivity contribution in [3.63, 3.8) is 0 Å². The summed E-state index contributed by atoms with van der Waals surface area (Å²) >= 11 is 0. The third-order valence-electron chi connectivity index (χ3n) is 4.60. The van der Waals surface area contributed by atoms with Crippen LogP contribution in [0.25, 0.3) is 5.69 Å². The molecule has 0 bridgehead atoms. The lowest BCUT2D eigenvalue weighted by Gasteiger charge is -2.35. The number of likely N-dealkylation sites (tertiary alicyclic amines) is 1. The predicted molar refractivity (Wildman–Crippen MR) is 79.1 cm³/mol. The average Bonchev–Trinajstić information content (AvgIpc) is 3.16. The minimum Gasteiger partial charge on any atom is -0.354 e. The molecule has 7 nitrogen and oxygen atoms in total. The zero-order chi connectivity index (χ0) is 14.9. The Labute approximate surface area is 128 Å². The van der Waals surface area contributed by atoms with Gasteiger partial charge in [-0.05, 0) is 41.9 Å². The van der Waals surface area contributed by atoms with Gasteiger partial charge in [-0.3, -0.25) is 9.69 Å². The van der Waals surface area contributed by atoms with Gasteiger partial charge in [-0.15, -0.1) is 5.10 Å². The predicted octanol–water partition coefficient (Wildman–Crippen LogP) is 0.373. The van der Waals surface area contributed by atoms with Gasteiger partial charge in [0.1, 0.15) is 0 Å². The van der Waals surface area contributed by atoms with Crippen molar-refractivity contribution in [3.8, 4) is 5.69 Å². The maximum absolute atomic E-state index is 11.9. The number of hydrogen-bond acceptors (Lipinski definition) is 5. The van der Waals surface area contributed by atoms with Gasteiger partial charge in [-0.2, -0.15) is 4.68 Å². The number of carbonyl (C=O) groups excluding carboxylic acids is 1. The summed E-state index contributed by atoms with van der Waals surface area (Å²) in [5, 5.41) is 15.1. The molecule has 1 aromatic carbocycles. The van der Waals surface area contributed by atoms with Gasteiger partial charge < -0.3 is 5.32 Å². The number of piperidine rings is 1. The molecule has 2 aliphatic rings. The van der Waals surface area contributed by atoms with Crippen LogP contribution in [0.1, 0.15) is 18.7 Å². The van der Waals surface area contributed by atoms with E-state index in [2.05, 4.69) is 25.7 Å². The largest absolute Gasteiger partial charge is 0.354 e. The first-order valence-corrected chi connectivity index (χ1v) is 7.67. The van der Waals surface area contributed by atoms with Crippen LogP contribution in [0.5, 0.6) is 0 Å². The molecule has 3 heterocycles. The van der Waals surface area contributed by atoms with Crippen molar-refractivity contribution in [1.29, 1.82) is 0 Å². The molecule has 2 aliphatic heterocycles. The Morgan fingerprint density at radius 3 is 3.00 bits per heavy atom. The Morgan fingerprint density at radius 1 is 1.27 bits per heavy atom. The lowest BCUT2D eigenvalue weighted by atomic mass is 9.91. The van der Waals surface area contributed by atoms with Crippen molar-refractivity contribution in [2.24, 2.45) is 5.92 Å². The van der Waals surface area contributed by atoms with Gasteiger partial charge in [0.25, 0.3) is 0 Å². The van der Waals surface area contributed by atoms with E-state index in [1.165, 1.54) is 0 Å². The van der Waals surface area contributed by atoms with E-state index in [1.807, 2.05) is 30.3 Å². The second-order valence-corrected chi connectivity index (χ2v) is 5.87. The molecule has 2 fully saturated rings. The van der Waals surface area contributed by atoms with E-state index in [1.54, 1.807) is 4.68 Å². The third kappa shape index (κ3) is 2.27. The number of nitrogens with one attached hydrogen (secondary N) is 1. The van der Waals surface area contributed by atoms with Crippen LogP contribution >= 0.6 is 0 Å². The number of tetrazole rings is 1. The summed E-state index contributed by atoms with van der Waals surface area (Å²) in [5.74, 6) is 1.12. The van der Waals surface area contributed by atoms with Gasteiger partial charge in [-0.25, -0.2) is 0 Å². The monoisotopic (exact) mass is 298 g/mol. The normalized spacial score (nSPS) is 25.0. The van der Waals surface area contributed by atoms with E-state index >= 15 is 0 Å². The average molecular weight is 298 g/mol. The van der Waals surface area contributed by atoms with Crippen molar-refractivity contribution in [1.82, 2.24) is 30.4 Å². The highest BCUT2D eigenvalue weighted by atomic mass is 16.2. The highest BCUT2D eigenvalue weighted by Gasteiger charge is 2.41. The fraction of sp³-hybridized carbons (Fsp3) is 0.467. The summed E-state index contributed by atoms with van der Waals surface area (Å²) in [6.07, 6.45) is 2.03. The molecular weight excluding hydrogens is 280 g/mol. The number of amides is 1. The topological polar surface area (TPSA) is 75.9 Å². The zero-order valence-corrected chi connectivity index (χ0v) is 12.2. The number of benzene rings is 1. The number of hydrogen-bond donors (Lipinski definition) is 1. The number of aromatic nitrogens is 4. The van der Waals surface area contributed by atoms with Gasteiger partial charge in [0.15, 0.2) is 5.82 Å². The van der Waals surface area contributed by atoms with Gasteiger partial charge in [0, 0.05) is 12.6 Å². The molecule has 0 spiro atoms. The van der Waals surface area contributed by atoms with Crippen molar-refractivity contribution in [3.05, 3.63) is 36.2 Å². The van der Waals surface area contributed by atoms with Gasteiger partial charge in [0.2, 0.25) is 5.91 Å². The smallest absolute Gasteiger partial charge is 0.224 e. The number of rotatable bonds is 3. The molecule has 7 heteroatoms. The second-order valence-electron chi connectivity index (χ2n) is 5.87. The highest BCUT2D eigenvalue weighted by molar-refractivity contribution is 5.82. The fourth-order valence-corrected chi connectivity index (χ4v) is 3.49. The molecule has 0 radical (unpaired) electrons. The first-order chi connectivity index (χ1) is 10.8. The molecule has 2 saturated heterocycles. The number of carbonyl (C=O) groups is 1. The fourth-order valence-electron chi connectivity index (χ4n) is 3.49. The minimum absolute atomic E-state index is 0.120. The van der Waals surface area contributed by atoms with E-state index in [4.69, 9.17) is 0 Å². The first-order valence-electron chi connectivity index (χ1n) is 7.67. The van der Waals surface area contributed by atoms with Crippen molar-refractivity contribution >= 4 is 5.91 Å². The van der Waals surface area contributed by atoms with Crippen LogP contribution in [0.2, 0.25) is 0 Å². The highest BCUT2D eigenvalue weighted by Crippen LogP contribution is 2.28. The standard InChI is InChI=1S/C15H18N6O/c22-15-12-7-4-8-20(13(12)9-16-15)10-14-17-18-19-21(14)11-5-2-1-3-6-11/h1-3,5-6,12-13H,4,7-10H2,(H,16,22)/t12-,13-/m1/s1. The van der Waals surface area contributed by atoms with Crippen LogP contribution in [0.3, 0.4) is 0 Å². The van der Waals surface area contributed by atoms with E-state index in [0.717, 1.165) is 37.4 Å². The summed E-state index contributed by atoms with van der Waals surface area (Å²) in [7, 11) is 0. The first kappa shape index (κ1) is 13.4. The zero-order valence-electron chi connectivity index (χ0n) is 12.2. The SMILES string of the molecule is O=C1NC[C@@H]2[C@H]1CCCN2Cc1nnnn1-c1ccccc1. The maximum Gasteiger partial charge on any atom is 0.224 e. The summed E-state index contributed by atoms with van der Waals surface area (Å²) < 4.78 is 1.77. The Balaban J connectivity index is 1.57. The van der Waals surface area contributed by atoms with E-state index in [0.29, 0.717) is 6.54 Å². The molecule has 114 valence electrons. The summed E-state index contributed by atoms with van der Waals surface area (Å²) in [6.45, 7) is 2.38. The Hall–Kier alpha value is -2.28. The van der Waals surface area contributed by atoms with Crippen LogP contribution in [0.4, 0.5) is 0 Å². The molecule has 0 aliphatic carbocycles. The molecule has 1 amide bonds. The van der Waals surface area contributed by atoms with E-state index in [9.17, 15) is 4.79 Å². The number of nitrogens with zero attached hydrogens (tertiary/aromatic N) is 5. The quantitative estimate of drug-likeness (QED) is 0.886. The van der Waals surface area contributed by atoms with Gasteiger partial charge in [-0.1, -0.05) is 18.2 Å². The minimum atomic E-state index is 0.120. The maximum atomic E-state index is 11.9. The lowest BCUT2D eigenvalue weighted by Crippen LogP contribution is -2.45. The van der Waals surface area contributed by atoms with Crippen molar-refractivity contribution in [2.75, 3.05) is 13.1 Å². The van der Waals surface area contributed by atoms with Crippen molar-refractivity contribution in [2.45, 2.75) is 25.4 Å². The molecule has 2 aromatic rings. The Morgan fingerprint density at radius 2 is 2.14 bits per heavy atom. The molecular formula is C15H18N6O. The molecule has 22 heavy (non-hydrogen) atoms. The molecule has 1 aromatic heterocycles. The van der Waals surface area contributed by atoms with Crippen LogP contribution in [-0.4, -0.2) is 50.1 Å². The van der Waals surface area contributed by atoms with Gasteiger partial charge in [0.05, 0.1) is 18.2 Å². The summed E-state index contributed by atoms with van der Waals surface area (Å²) in [6, 6.07) is 10.1. The molecule has 0 unspecified atom stereocenters. The second kappa shape index (κ2) is 5.49. The Bertz CT molecular complexity index is 670. The molecule has 0 saturated carbocycles. The lowest BCUT2D eigenvalue weighted by molar-refractivity contribution is -0.124. The number of para-hydroxylation sites is 1. The molecule has 2 atom stereocenters. The van der Waals surface area contributed by atoms with E-state index in [-0.39, 0.29) is 17.9 Å². The van der Waals surface area contributed by atoms with Crippen LogP contribution in [0.15, 0.2) is 30.3 Å². The van der Waals surface area contributed by atoms with Crippen LogP contribution < -0.4 is 5.32 Å². The van der Waals surface area contributed by atoms with Crippen LogP contribution in [0, 0.1) is 5.92 Å². The molecule has 4 rings (SSSR count). The molecule has 1 N–H and O–H groups in total. The van der Waals surface area contributed by atoms with Gasteiger partial charge >= 0.3 is 0 Å².